The van der Waals surface area contributed by atoms with E-state index in [2.05, 4.69) is 27.8 Å². The summed E-state index contributed by atoms with van der Waals surface area (Å²) in [5.41, 5.74) is 1.69. The maximum atomic E-state index is 5.90. The molecule has 1 aromatic carbocycles. The van der Waals surface area contributed by atoms with Gasteiger partial charge in [0.15, 0.2) is 5.96 Å². The summed E-state index contributed by atoms with van der Waals surface area (Å²) in [6.45, 7) is 5.54. The predicted molar refractivity (Wildman–Crippen MR) is 113 cm³/mol. The Morgan fingerprint density at radius 3 is 2.54 bits per heavy atom. The molecule has 1 aliphatic carbocycles. The molecule has 1 aliphatic rings. The Bertz CT molecular complexity index is 503. The van der Waals surface area contributed by atoms with Crippen molar-refractivity contribution >= 4 is 41.5 Å². The highest BCUT2D eigenvalue weighted by atomic mass is 127. The molecule has 0 bridgehead atoms. The minimum Gasteiger partial charge on any atom is -0.382 e. The molecular weight excluding hydrogens is 437 g/mol. The second-order valence-corrected chi connectivity index (χ2v) is 6.61. The molecule has 2 N–H and O–H groups in total. The summed E-state index contributed by atoms with van der Waals surface area (Å²) < 4.78 is 5.48. The van der Waals surface area contributed by atoms with Gasteiger partial charge in [-0.25, -0.2) is 0 Å². The van der Waals surface area contributed by atoms with Crippen LogP contribution in [-0.2, 0) is 11.2 Å². The number of rotatable bonds is 9. The maximum absolute atomic E-state index is 5.90. The molecule has 0 unspecified atom stereocenters. The molecule has 0 aromatic heterocycles. The predicted octanol–water partition coefficient (Wildman–Crippen LogP) is 3.87. The SMILES string of the molecule is CCOCCC1(CNC(=NC)NCCc2ccc(Cl)cc2)CC1.I. The van der Waals surface area contributed by atoms with Gasteiger partial charge in [0, 0.05) is 38.4 Å². The van der Waals surface area contributed by atoms with E-state index in [1.165, 1.54) is 18.4 Å². The molecule has 0 saturated heterocycles. The van der Waals surface area contributed by atoms with Gasteiger partial charge in [0.05, 0.1) is 0 Å². The number of hydrogen-bond acceptors (Lipinski definition) is 2. The van der Waals surface area contributed by atoms with E-state index in [9.17, 15) is 0 Å². The first-order chi connectivity index (χ1) is 11.2. The molecule has 1 aromatic rings. The van der Waals surface area contributed by atoms with Crippen LogP contribution in [0.4, 0.5) is 0 Å². The van der Waals surface area contributed by atoms with Crippen LogP contribution >= 0.6 is 35.6 Å². The number of guanidine groups is 1. The lowest BCUT2D eigenvalue weighted by Gasteiger charge is -2.18. The molecule has 2 rings (SSSR count). The van der Waals surface area contributed by atoms with Gasteiger partial charge in [0.1, 0.15) is 0 Å². The van der Waals surface area contributed by atoms with Crippen LogP contribution in [0.15, 0.2) is 29.3 Å². The van der Waals surface area contributed by atoms with E-state index in [1.54, 1.807) is 0 Å². The molecular formula is C18H29ClIN3O. The summed E-state index contributed by atoms with van der Waals surface area (Å²) in [6, 6.07) is 7.98. The van der Waals surface area contributed by atoms with E-state index in [0.29, 0.717) is 5.41 Å². The summed E-state index contributed by atoms with van der Waals surface area (Å²) >= 11 is 5.90. The first kappa shape index (κ1) is 21.5. The number of nitrogens with one attached hydrogen (secondary N) is 2. The fourth-order valence-electron chi connectivity index (χ4n) is 2.59. The Morgan fingerprint density at radius 2 is 1.96 bits per heavy atom. The third-order valence-corrected chi connectivity index (χ3v) is 4.66. The smallest absolute Gasteiger partial charge is 0.191 e. The molecule has 0 radical (unpaired) electrons. The van der Waals surface area contributed by atoms with Crippen LogP contribution < -0.4 is 10.6 Å². The minimum absolute atomic E-state index is 0. The monoisotopic (exact) mass is 465 g/mol. The zero-order valence-corrected chi connectivity index (χ0v) is 17.7. The van der Waals surface area contributed by atoms with Gasteiger partial charge in [-0.05, 0) is 55.7 Å². The van der Waals surface area contributed by atoms with E-state index in [4.69, 9.17) is 16.3 Å². The summed E-state index contributed by atoms with van der Waals surface area (Å²) in [5.74, 6) is 0.877. The minimum atomic E-state index is 0. The standard InChI is InChI=1S/C18H28ClN3O.HI/c1-3-23-13-11-18(9-10-18)14-22-17(20-2)21-12-8-15-4-6-16(19)7-5-15;/h4-7H,3,8-14H2,1-2H3,(H2,20,21,22);1H. The number of aliphatic imine (C=N–C) groups is 1. The number of nitrogens with zero attached hydrogens (tertiary/aromatic N) is 1. The maximum Gasteiger partial charge on any atom is 0.191 e. The van der Waals surface area contributed by atoms with Crippen molar-refractivity contribution in [1.29, 1.82) is 0 Å². The Hall–Kier alpha value is -0.530. The molecule has 0 heterocycles. The average molecular weight is 466 g/mol. The normalized spacial score (nSPS) is 15.5. The first-order valence-corrected chi connectivity index (χ1v) is 8.82. The second kappa shape index (κ2) is 11.2. The summed E-state index contributed by atoms with van der Waals surface area (Å²) in [7, 11) is 1.82. The highest BCUT2D eigenvalue weighted by molar-refractivity contribution is 14.0. The van der Waals surface area contributed by atoms with Crippen molar-refractivity contribution in [2.24, 2.45) is 10.4 Å². The van der Waals surface area contributed by atoms with Crippen molar-refractivity contribution in [2.45, 2.75) is 32.6 Å². The van der Waals surface area contributed by atoms with Crippen molar-refractivity contribution in [3.05, 3.63) is 34.9 Å². The first-order valence-electron chi connectivity index (χ1n) is 8.44. The van der Waals surface area contributed by atoms with Crippen LogP contribution in [-0.4, -0.2) is 39.3 Å². The van der Waals surface area contributed by atoms with E-state index < -0.39 is 0 Å². The summed E-state index contributed by atoms with van der Waals surface area (Å²) in [4.78, 5) is 4.30. The molecule has 1 saturated carbocycles. The third-order valence-electron chi connectivity index (χ3n) is 4.41. The molecule has 0 spiro atoms. The molecule has 6 heteroatoms. The molecule has 0 atom stereocenters. The Balaban J connectivity index is 0.00000288. The largest absolute Gasteiger partial charge is 0.382 e. The number of halogens is 2. The van der Waals surface area contributed by atoms with Crippen LogP contribution in [0, 0.1) is 5.41 Å². The highest BCUT2D eigenvalue weighted by Crippen LogP contribution is 2.48. The average Bonchev–Trinajstić information content (AvgIpc) is 3.33. The van der Waals surface area contributed by atoms with E-state index >= 15 is 0 Å². The number of benzene rings is 1. The topological polar surface area (TPSA) is 45.6 Å². The van der Waals surface area contributed by atoms with Crippen LogP contribution in [0.3, 0.4) is 0 Å². The van der Waals surface area contributed by atoms with Crippen molar-refractivity contribution in [3.8, 4) is 0 Å². The van der Waals surface area contributed by atoms with Crippen molar-refractivity contribution in [2.75, 3.05) is 33.4 Å². The van der Waals surface area contributed by atoms with Gasteiger partial charge in [-0.3, -0.25) is 4.99 Å². The van der Waals surface area contributed by atoms with Crippen molar-refractivity contribution in [3.63, 3.8) is 0 Å². The molecule has 24 heavy (non-hydrogen) atoms. The van der Waals surface area contributed by atoms with E-state index in [-0.39, 0.29) is 24.0 Å². The molecule has 136 valence electrons. The highest BCUT2D eigenvalue weighted by Gasteiger charge is 2.41. The lowest BCUT2D eigenvalue weighted by atomic mass is 10.0. The van der Waals surface area contributed by atoms with Gasteiger partial charge in [0.2, 0.25) is 0 Å². The van der Waals surface area contributed by atoms with Gasteiger partial charge in [0.25, 0.3) is 0 Å². The molecule has 0 amide bonds. The van der Waals surface area contributed by atoms with Crippen LogP contribution in [0.1, 0.15) is 31.7 Å². The summed E-state index contributed by atoms with van der Waals surface area (Å²) in [5, 5.41) is 7.61. The fraction of sp³-hybridized carbons (Fsp3) is 0.611. The van der Waals surface area contributed by atoms with Crippen molar-refractivity contribution in [1.82, 2.24) is 10.6 Å². The van der Waals surface area contributed by atoms with Gasteiger partial charge in [-0.15, -0.1) is 24.0 Å². The zero-order valence-electron chi connectivity index (χ0n) is 14.6. The van der Waals surface area contributed by atoms with Crippen LogP contribution in [0.2, 0.25) is 5.02 Å². The fourth-order valence-corrected chi connectivity index (χ4v) is 2.72. The zero-order chi connectivity index (χ0) is 16.5. The van der Waals surface area contributed by atoms with Crippen LogP contribution in [0.25, 0.3) is 0 Å². The Morgan fingerprint density at radius 1 is 1.25 bits per heavy atom. The number of ether oxygens (including phenoxy) is 1. The lowest BCUT2D eigenvalue weighted by Crippen LogP contribution is -2.41. The molecule has 0 aliphatic heterocycles. The second-order valence-electron chi connectivity index (χ2n) is 6.18. The quantitative estimate of drug-likeness (QED) is 0.252. The van der Waals surface area contributed by atoms with E-state index in [1.807, 2.05) is 26.1 Å². The van der Waals surface area contributed by atoms with E-state index in [0.717, 1.165) is 50.1 Å². The van der Waals surface area contributed by atoms with Gasteiger partial charge in [-0.2, -0.15) is 0 Å². The molecule has 1 fully saturated rings. The van der Waals surface area contributed by atoms with Crippen molar-refractivity contribution < 1.29 is 4.74 Å². The molecule has 4 nitrogen and oxygen atoms in total. The van der Waals surface area contributed by atoms with Gasteiger partial charge in [-0.1, -0.05) is 23.7 Å². The lowest BCUT2D eigenvalue weighted by molar-refractivity contribution is 0.128. The number of hydrogen-bond donors (Lipinski definition) is 2. The third kappa shape index (κ3) is 7.57. The summed E-state index contributed by atoms with van der Waals surface area (Å²) in [6.07, 6.45) is 4.66. The van der Waals surface area contributed by atoms with Gasteiger partial charge >= 0.3 is 0 Å². The van der Waals surface area contributed by atoms with Gasteiger partial charge < -0.3 is 15.4 Å². The van der Waals surface area contributed by atoms with Crippen LogP contribution in [0.5, 0.6) is 0 Å². The Labute approximate surface area is 167 Å². The Kier molecular flexibility index (Phi) is 10.0.